The number of Topliss-reactive ketones (excluding diaryl/α,β-unsaturated/α-hetero) is 1. The largest absolute Gasteiger partial charge is 0.448 e. The molecule has 2 aromatic rings. The fourth-order valence-electron chi connectivity index (χ4n) is 5.94. The van der Waals surface area contributed by atoms with Crippen molar-refractivity contribution in [2.45, 2.75) is 56.5 Å². The zero-order valence-corrected chi connectivity index (χ0v) is 19.7. The zero-order chi connectivity index (χ0) is 23.5. The van der Waals surface area contributed by atoms with Gasteiger partial charge in [0.05, 0.1) is 25.3 Å². The predicted octanol–water partition coefficient (Wildman–Crippen LogP) is 5.73. The molecule has 1 amide bonds. The van der Waals surface area contributed by atoms with Crippen molar-refractivity contribution >= 4 is 11.9 Å². The normalized spacial score (nSPS) is 23.2. The summed E-state index contributed by atoms with van der Waals surface area (Å²) in [5.41, 5.74) is 4.86. The van der Waals surface area contributed by atoms with Crippen LogP contribution in [0.25, 0.3) is 11.1 Å². The fourth-order valence-corrected chi connectivity index (χ4v) is 5.94. The first-order valence-electron chi connectivity index (χ1n) is 12.5. The van der Waals surface area contributed by atoms with Gasteiger partial charge in [0.2, 0.25) is 0 Å². The molecular formula is C29H33NO4. The van der Waals surface area contributed by atoms with Crippen molar-refractivity contribution in [2.24, 2.45) is 5.92 Å². The third kappa shape index (κ3) is 4.41. The van der Waals surface area contributed by atoms with Crippen LogP contribution in [0, 0.1) is 5.92 Å². The minimum Gasteiger partial charge on any atom is -0.448 e. The Labute approximate surface area is 201 Å². The lowest BCUT2D eigenvalue weighted by atomic mass is 9.81. The van der Waals surface area contributed by atoms with Gasteiger partial charge >= 0.3 is 6.09 Å². The number of carbonyl (C=O) groups is 2. The summed E-state index contributed by atoms with van der Waals surface area (Å²) in [6.45, 7) is 5.01. The highest BCUT2D eigenvalue weighted by Gasteiger charge is 2.44. The molecule has 2 saturated heterocycles. The number of ketones is 1. The van der Waals surface area contributed by atoms with Gasteiger partial charge in [0.1, 0.15) is 12.4 Å². The predicted molar refractivity (Wildman–Crippen MR) is 132 cm³/mol. The second-order valence-corrected chi connectivity index (χ2v) is 9.73. The smallest absolute Gasteiger partial charge is 0.410 e. The Morgan fingerprint density at radius 1 is 0.971 bits per heavy atom. The number of benzene rings is 2. The molecule has 2 aromatic carbocycles. The van der Waals surface area contributed by atoms with E-state index in [9.17, 15) is 9.59 Å². The number of morpholine rings is 1. The molecule has 2 aliphatic heterocycles. The third-order valence-corrected chi connectivity index (χ3v) is 7.60. The lowest BCUT2D eigenvalue weighted by molar-refractivity contribution is -0.131. The minimum absolute atomic E-state index is 0.0141. The molecule has 0 aromatic heterocycles. The Kier molecular flexibility index (Phi) is 6.82. The molecule has 3 aliphatic rings. The molecule has 2 fully saturated rings. The topological polar surface area (TPSA) is 55.8 Å². The highest BCUT2D eigenvalue weighted by atomic mass is 16.6. The average molecular weight is 460 g/mol. The van der Waals surface area contributed by atoms with Gasteiger partial charge in [0.15, 0.2) is 0 Å². The number of ether oxygens (including phenoxy) is 2. The second-order valence-electron chi connectivity index (χ2n) is 9.73. The van der Waals surface area contributed by atoms with Gasteiger partial charge in [-0.15, -0.1) is 6.58 Å². The van der Waals surface area contributed by atoms with Crippen LogP contribution in [0.5, 0.6) is 0 Å². The maximum Gasteiger partial charge on any atom is 0.410 e. The summed E-state index contributed by atoms with van der Waals surface area (Å²) in [5, 5.41) is 0. The van der Waals surface area contributed by atoms with Gasteiger partial charge in [-0.1, -0.05) is 54.6 Å². The molecule has 2 atom stereocenters. The highest BCUT2D eigenvalue weighted by Crippen LogP contribution is 2.44. The number of fused-ring (bicyclic) bond motifs is 5. The lowest BCUT2D eigenvalue weighted by Gasteiger charge is -2.47. The first-order valence-corrected chi connectivity index (χ1v) is 12.5. The molecule has 2 bridgehead atoms. The molecule has 0 N–H and O–H groups in total. The Balaban J connectivity index is 1.23. The Hall–Kier alpha value is -2.92. The van der Waals surface area contributed by atoms with Crippen LogP contribution in [0.4, 0.5) is 4.79 Å². The van der Waals surface area contributed by atoms with Crippen molar-refractivity contribution in [3.63, 3.8) is 0 Å². The van der Waals surface area contributed by atoms with E-state index in [1.807, 2.05) is 23.1 Å². The van der Waals surface area contributed by atoms with E-state index in [1.165, 1.54) is 22.3 Å². The van der Waals surface area contributed by atoms with E-state index >= 15 is 0 Å². The van der Waals surface area contributed by atoms with Gasteiger partial charge in [0.25, 0.3) is 0 Å². The number of hydrogen-bond donors (Lipinski definition) is 0. The van der Waals surface area contributed by atoms with Crippen LogP contribution in [0.3, 0.4) is 0 Å². The highest BCUT2D eigenvalue weighted by molar-refractivity contribution is 5.82. The van der Waals surface area contributed by atoms with Crippen molar-refractivity contribution < 1.29 is 19.1 Å². The lowest BCUT2D eigenvalue weighted by Crippen LogP contribution is -2.60. The van der Waals surface area contributed by atoms with Crippen LogP contribution >= 0.6 is 0 Å². The van der Waals surface area contributed by atoms with Gasteiger partial charge in [-0.3, -0.25) is 9.69 Å². The average Bonchev–Trinajstić information content (AvgIpc) is 3.18. The van der Waals surface area contributed by atoms with Crippen LogP contribution in [-0.4, -0.2) is 48.7 Å². The summed E-state index contributed by atoms with van der Waals surface area (Å²) >= 11 is 0. The number of allylic oxidation sites excluding steroid dienone is 1. The number of carbonyl (C=O) groups excluding carboxylic acids is 2. The summed E-state index contributed by atoms with van der Waals surface area (Å²) in [7, 11) is 0. The molecule has 34 heavy (non-hydrogen) atoms. The summed E-state index contributed by atoms with van der Waals surface area (Å²) < 4.78 is 11.7. The molecule has 5 rings (SSSR count). The Morgan fingerprint density at radius 2 is 1.59 bits per heavy atom. The van der Waals surface area contributed by atoms with E-state index in [-0.39, 0.29) is 30.0 Å². The van der Waals surface area contributed by atoms with Crippen molar-refractivity contribution in [3.8, 4) is 11.1 Å². The molecule has 5 heteroatoms. The first-order chi connectivity index (χ1) is 16.7. The number of unbranched alkanes of at least 4 members (excludes halogenated alkanes) is 2. The van der Waals surface area contributed by atoms with Gasteiger partial charge < -0.3 is 9.47 Å². The van der Waals surface area contributed by atoms with E-state index in [1.54, 1.807) is 0 Å². The molecule has 2 unspecified atom stereocenters. The van der Waals surface area contributed by atoms with E-state index in [4.69, 9.17) is 9.47 Å². The number of piperidine rings is 1. The van der Waals surface area contributed by atoms with E-state index in [0.29, 0.717) is 44.9 Å². The van der Waals surface area contributed by atoms with E-state index in [2.05, 4.69) is 43.0 Å². The maximum absolute atomic E-state index is 13.3. The standard InChI is InChI=1S/C29H33NO4/c1-2-3-4-5-14-28(31)20-15-21-17-33-18-22(16-20)30(21)29(32)34-19-27-25-12-8-6-10-23(25)24-11-7-9-13-26(24)27/h2,6-13,20-22,27H,1,3-5,14-19H2. The van der Waals surface area contributed by atoms with Crippen molar-refractivity contribution in [3.05, 3.63) is 72.3 Å². The number of rotatable bonds is 8. The molecular weight excluding hydrogens is 426 g/mol. The van der Waals surface area contributed by atoms with Crippen LogP contribution < -0.4 is 0 Å². The van der Waals surface area contributed by atoms with Crippen LogP contribution in [-0.2, 0) is 14.3 Å². The quantitative estimate of drug-likeness (QED) is 0.374. The zero-order valence-electron chi connectivity index (χ0n) is 19.7. The van der Waals surface area contributed by atoms with Crippen molar-refractivity contribution in [2.75, 3.05) is 19.8 Å². The number of hydrogen-bond acceptors (Lipinski definition) is 4. The van der Waals surface area contributed by atoms with E-state index in [0.717, 1.165) is 19.3 Å². The summed E-state index contributed by atoms with van der Waals surface area (Å²) in [6, 6.07) is 16.5. The molecule has 5 nitrogen and oxygen atoms in total. The number of amides is 1. The maximum atomic E-state index is 13.3. The van der Waals surface area contributed by atoms with E-state index < -0.39 is 0 Å². The van der Waals surface area contributed by atoms with Gasteiger partial charge in [-0.2, -0.15) is 0 Å². The van der Waals surface area contributed by atoms with Crippen LogP contribution in [0.2, 0.25) is 0 Å². The van der Waals surface area contributed by atoms with Crippen LogP contribution in [0.15, 0.2) is 61.2 Å². The summed E-state index contributed by atoms with van der Waals surface area (Å²) in [6.07, 6.45) is 6.43. The Morgan fingerprint density at radius 3 is 2.21 bits per heavy atom. The second kappa shape index (κ2) is 10.1. The fraction of sp³-hybridized carbons (Fsp3) is 0.448. The molecule has 0 saturated carbocycles. The molecule has 1 aliphatic carbocycles. The monoisotopic (exact) mass is 459 g/mol. The molecule has 2 heterocycles. The van der Waals surface area contributed by atoms with Gasteiger partial charge in [0, 0.05) is 18.3 Å². The molecule has 178 valence electrons. The van der Waals surface area contributed by atoms with Gasteiger partial charge in [-0.25, -0.2) is 4.79 Å². The number of nitrogens with zero attached hydrogens (tertiary/aromatic N) is 1. The molecule has 0 spiro atoms. The van der Waals surface area contributed by atoms with Gasteiger partial charge in [-0.05, 0) is 54.4 Å². The van der Waals surface area contributed by atoms with Crippen molar-refractivity contribution in [1.82, 2.24) is 4.90 Å². The molecule has 0 radical (unpaired) electrons. The van der Waals surface area contributed by atoms with Crippen molar-refractivity contribution in [1.29, 1.82) is 0 Å². The minimum atomic E-state index is -0.281. The summed E-state index contributed by atoms with van der Waals surface area (Å²) in [4.78, 5) is 27.9. The summed E-state index contributed by atoms with van der Waals surface area (Å²) in [5.74, 6) is 0.385. The Bertz CT molecular complexity index is 1000. The SMILES string of the molecule is C=CCCCCC(=O)C1CC2COCC(C1)N2C(=O)OCC1c2ccccc2-c2ccccc21. The third-order valence-electron chi connectivity index (χ3n) is 7.60. The van der Waals surface area contributed by atoms with Crippen LogP contribution in [0.1, 0.15) is 55.6 Å². The first kappa shape index (κ1) is 22.9.